The number of aromatic nitrogens is 1. The second-order valence-corrected chi connectivity index (χ2v) is 14.6. The lowest BCUT2D eigenvalue weighted by Gasteiger charge is -2.40. The molecule has 1 aliphatic rings. The molecule has 0 spiro atoms. The van der Waals surface area contributed by atoms with Crippen LogP contribution in [-0.2, 0) is 0 Å². The molecule has 0 amide bonds. The first kappa shape index (κ1) is 35.7. The van der Waals surface area contributed by atoms with Crippen LogP contribution in [0.5, 0.6) is 0 Å². The minimum absolute atomic E-state index is 0.0242. The summed E-state index contributed by atoms with van der Waals surface area (Å²) in [6.07, 6.45) is 3.80. The van der Waals surface area contributed by atoms with Crippen LogP contribution in [0.15, 0.2) is 204 Å². The molecule has 3 atom stereocenters. The molecule has 1 aromatic heterocycles. The van der Waals surface area contributed by atoms with Crippen LogP contribution in [0.4, 0.5) is 5.69 Å². The minimum Gasteiger partial charge on any atom is -0.384 e. The Kier molecular flexibility index (Phi) is 9.77. The molecule has 6 nitrogen and oxygen atoms in total. The van der Waals surface area contributed by atoms with Gasteiger partial charge in [0.2, 0.25) is 0 Å². The van der Waals surface area contributed by atoms with Crippen molar-refractivity contribution in [1.82, 2.24) is 14.8 Å². The van der Waals surface area contributed by atoms with Crippen LogP contribution < -0.4 is 11.1 Å². The molecule has 3 N–H and O–H groups in total. The molecule has 0 radical (unpaired) electrons. The lowest BCUT2D eigenvalue weighted by atomic mass is 9.96. The number of benzene rings is 7. The van der Waals surface area contributed by atoms with Gasteiger partial charge >= 0.3 is 0 Å². The molecule has 7 aromatic carbocycles. The predicted octanol–water partition coefficient (Wildman–Crippen LogP) is 11.3. The number of nitrogens with one attached hydrogen (secondary N) is 1. The Morgan fingerprint density at radius 1 is 0.649 bits per heavy atom. The molecule has 2 heterocycles. The van der Waals surface area contributed by atoms with Crippen LogP contribution in [0.2, 0.25) is 0 Å². The van der Waals surface area contributed by atoms with Crippen molar-refractivity contribution in [3.8, 4) is 27.9 Å². The maximum atomic E-state index is 6.70. The van der Waals surface area contributed by atoms with E-state index in [9.17, 15) is 0 Å². The number of nitrogens with two attached hydrogens (primary N) is 1. The van der Waals surface area contributed by atoms with E-state index in [1.165, 1.54) is 27.4 Å². The highest BCUT2D eigenvalue weighted by atomic mass is 15.4. The van der Waals surface area contributed by atoms with Gasteiger partial charge in [0.1, 0.15) is 24.0 Å². The number of nitrogens with zero attached hydrogens (tertiary/aromatic N) is 4. The molecule has 0 saturated heterocycles. The zero-order valence-corrected chi connectivity index (χ0v) is 32.1. The largest absolute Gasteiger partial charge is 0.384 e. The summed E-state index contributed by atoms with van der Waals surface area (Å²) in [6.45, 7) is 2.17. The average Bonchev–Trinajstić information content (AvgIpc) is 3.60. The second kappa shape index (κ2) is 15.6. The molecule has 6 heteroatoms. The summed E-state index contributed by atoms with van der Waals surface area (Å²) in [4.78, 5) is 12.4. The molecule has 8 aromatic rings. The lowest BCUT2D eigenvalue weighted by Crippen LogP contribution is -2.51. The summed E-state index contributed by atoms with van der Waals surface area (Å²) in [5.41, 5.74) is 17.6. The number of hydrogen-bond acceptors (Lipinski definition) is 4. The Balaban J connectivity index is 1.04. The fourth-order valence-electron chi connectivity index (χ4n) is 7.95. The lowest BCUT2D eigenvalue weighted by molar-refractivity contribution is 0.236. The van der Waals surface area contributed by atoms with Gasteiger partial charge in [0.15, 0.2) is 0 Å². The zero-order valence-electron chi connectivity index (χ0n) is 32.1. The molecule has 3 unspecified atom stereocenters. The van der Waals surface area contributed by atoms with Crippen LogP contribution >= 0.6 is 0 Å². The standard InChI is InChI=1S/C51H44N6/c1-35(49-54-50(37-19-9-4-10-20-37)56(2)51(55-49)38-21-11-5-12-22-38)27-32-48(52)53-45-30-28-39(33-43(45)36-17-7-3-8-18-36)40-29-31-47-44(34-40)42-25-15-16-26-46(42)57(47)41-23-13-6-14-24-41/h3-35,49-50,54H,1-2H3,(H2,52,53)/b32-27-. The summed E-state index contributed by atoms with van der Waals surface area (Å²) < 4.78 is 2.34. The van der Waals surface area contributed by atoms with E-state index >= 15 is 0 Å². The number of amidine groups is 2. The van der Waals surface area contributed by atoms with E-state index in [-0.39, 0.29) is 18.2 Å². The molecular weight excluding hydrogens is 697 g/mol. The van der Waals surface area contributed by atoms with Gasteiger partial charge < -0.3 is 15.2 Å². The Morgan fingerprint density at radius 2 is 1.25 bits per heavy atom. The highest BCUT2D eigenvalue weighted by molar-refractivity contribution is 6.10. The first-order valence-corrected chi connectivity index (χ1v) is 19.5. The molecule has 278 valence electrons. The third-order valence-electron chi connectivity index (χ3n) is 10.9. The van der Waals surface area contributed by atoms with Gasteiger partial charge in [-0.1, -0.05) is 153 Å². The average molecular weight is 741 g/mol. The van der Waals surface area contributed by atoms with Crippen LogP contribution in [0.1, 0.15) is 24.2 Å². The zero-order chi connectivity index (χ0) is 38.7. The number of aliphatic imine (C=N–C) groups is 2. The van der Waals surface area contributed by atoms with Gasteiger partial charge in [0.25, 0.3) is 0 Å². The van der Waals surface area contributed by atoms with E-state index in [1.54, 1.807) is 0 Å². The summed E-state index contributed by atoms with van der Waals surface area (Å²) in [5.74, 6) is 1.40. The van der Waals surface area contributed by atoms with E-state index in [0.29, 0.717) is 5.84 Å². The van der Waals surface area contributed by atoms with Crippen molar-refractivity contribution < 1.29 is 0 Å². The second-order valence-electron chi connectivity index (χ2n) is 14.6. The Morgan fingerprint density at radius 3 is 1.98 bits per heavy atom. The van der Waals surface area contributed by atoms with Gasteiger partial charge in [-0.3, -0.25) is 5.32 Å². The van der Waals surface area contributed by atoms with E-state index < -0.39 is 0 Å². The van der Waals surface area contributed by atoms with Crippen LogP contribution in [0, 0.1) is 5.92 Å². The van der Waals surface area contributed by atoms with Gasteiger partial charge in [-0.25, -0.2) is 9.98 Å². The maximum Gasteiger partial charge on any atom is 0.133 e. The number of fused-ring (bicyclic) bond motifs is 3. The van der Waals surface area contributed by atoms with E-state index in [2.05, 4.69) is 199 Å². The van der Waals surface area contributed by atoms with Crippen LogP contribution in [0.3, 0.4) is 0 Å². The van der Waals surface area contributed by atoms with Crippen LogP contribution in [0.25, 0.3) is 49.7 Å². The highest BCUT2D eigenvalue weighted by Crippen LogP contribution is 2.38. The van der Waals surface area contributed by atoms with Crippen molar-refractivity contribution in [3.05, 3.63) is 205 Å². The van der Waals surface area contributed by atoms with Crippen LogP contribution in [-0.4, -0.2) is 34.4 Å². The van der Waals surface area contributed by atoms with E-state index in [0.717, 1.165) is 45.0 Å². The van der Waals surface area contributed by atoms with Gasteiger partial charge in [-0.2, -0.15) is 0 Å². The van der Waals surface area contributed by atoms with Crippen molar-refractivity contribution >= 4 is 39.2 Å². The van der Waals surface area contributed by atoms with Crippen molar-refractivity contribution in [2.45, 2.75) is 19.3 Å². The Bertz CT molecular complexity index is 2750. The first-order chi connectivity index (χ1) is 28.0. The Labute approximate surface area is 334 Å². The van der Waals surface area contributed by atoms with E-state index in [1.807, 2.05) is 24.3 Å². The SMILES string of the molecule is CC(/C=C\C(N)=Nc1ccc(-c2ccc3c(c2)c2ccccc2n3-c2ccccc2)cc1-c1ccccc1)C1N=C(c2ccccc2)N(C)C(c2ccccc2)N1. The molecule has 0 saturated carbocycles. The van der Waals surface area contributed by atoms with Crippen molar-refractivity contribution in [1.29, 1.82) is 0 Å². The molecule has 9 rings (SSSR count). The van der Waals surface area contributed by atoms with Gasteiger partial charge in [-0.15, -0.1) is 0 Å². The monoisotopic (exact) mass is 740 g/mol. The fraction of sp³-hybridized carbons (Fsp3) is 0.0980. The summed E-state index contributed by atoms with van der Waals surface area (Å²) in [5, 5.41) is 6.22. The van der Waals surface area contributed by atoms with Crippen molar-refractivity contribution in [3.63, 3.8) is 0 Å². The maximum absolute atomic E-state index is 6.70. The third-order valence-corrected chi connectivity index (χ3v) is 10.9. The van der Waals surface area contributed by atoms with Crippen molar-refractivity contribution in [2.24, 2.45) is 21.6 Å². The smallest absolute Gasteiger partial charge is 0.133 e. The predicted molar refractivity (Wildman–Crippen MR) is 238 cm³/mol. The normalized spacial score (nSPS) is 16.6. The summed E-state index contributed by atoms with van der Waals surface area (Å²) in [6, 6.07) is 63.7. The molecule has 57 heavy (non-hydrogen) atoms. The molecule has 0 fully saturated rings. The Hall–Kier alpha value is -7.02. The third kappa shape index (κ3) is 7.15. The van der Waals surface area contributed by atoms with Crippen molar-refractivity contribution in [2.75, 3.05) is 7.05 Å². The molecular formula is C51H44N6. The number of rotatable bonds is 9. The number of para-hydroxylation sites is 2. The van der Waals surface area contributed by atoms with Gasteiger partial charge in [0.05, 0.1) is 16.7 Å². The van der Waals surface area contributed by atoms with Gasteiger partial charge in [-0.05, 0) is 70.8 Å². The molecule has 1 aliphatic heterocycles. The fourth-order valence-corrected chi connectivity index (χ4v) is 7.95. The summed E-state index contributed by atoms with van der Waals surface area (Å²) >= 11 is 0. The minimum atomic E-state index is -0.177. The quantitative estimate of drug-likeness (QED) is 0.114. The number of hydrogen-bond donors (Lipinski definition) is 2. The summed E-state index contributed by atoms with van der Waals surface area (Å²) in [7, 11) is 2.09. The first-order valence-electron chi connectivity index (χ1n) is 19.5. The molecule has 0 bridgehead atoms. The van der Waals surface area contributed by atoms with Gasteiger partial charge in [0, 0.05) is 40.6 Å². The molecule has 0 aliphatic carbocycles. The topological polar surface area (TPSA) is 70.9 Å². The van der Waals surface area contributed by atoms with E-state index in [4.69, 9.17) is 15.7 Å². The highest BCUT2D eigenvalue weighted by Gasteiger charge is 2.31.